The van der Waals surface area contributed by atoms with Gasteiger partial charge in [0.25, 0.3) is 0 Å². The highest BCUT2D eigenvalue weighted by Crippen LogP contribution is 2.35. The van der Waals surface area contributed by atoms with E-state index in [2.05, 4.69) is 5.32 Å². The average molecular weight is 398 g/mol. The van der Waals surface area contributed by atoms with Crippen LogP contribution in [0.3, 0.4) is 0 Å². The van der Waals surface area contributed by atoms with E-state index >= 15 is 0 Å². The molecule has 5 nitrogen and oxygen atoms in total. The van der Waals surface area contributed by atoms with Crippen LogP contribution in [0.2, 0.25) is 0 Å². The van der Waals surface area contributed by atoms with E-state index < -0.39 is 0 Å². The van der Waals surface area contributed by atoms with Crippen molar-refractivity contribution in [2.45, 2.75) is 89.3 Å². The van der Waals surface area contributed by atoms with Gasteiger partial charge in [0.1, 0.15) is 0 Å². The molecule has 1 aromatic rings. The molecule has 3 N–H and O–H groups in total. The Labute approximate surface area is 174 Å². The lowest BCUT2D eigenvalue weighted by Crippen LogP contribution is -2.52. The van der Waals surface area contributed by atoms with Gasteiger partial charge in [-0.3, -0.25) is 9.59 Å². The number of hydrogen-bond donors (Lipinski definition) is 2. The Kier molecular flexibility index (Phi) is 6.53. The fourth-order valence-corrected chi connectivity index (χ4v) is 5.01. The fourth-order valence-electron chi connectivity index (χ4n) is 5.01. The first-order valence-electron chi connectivity index (χ1n) is 11.6. The number of nitrogens with two attached hydrogens (primary N) is 1. The molecule has 0 heterocycles. The van der Waals surface area contributed by atoms with Crippen molar-refractivity contribution in [3.8, 4) is 0 Å². The van der Waals surface area contributed by atoms with Crippen LogP contribution in [0.1, 0.15) is 76.2 Å². The topological polar surface area (TPSA) is 75.4 Å². The van der Waals surface area contributed by atoms with Gasteiger partial charge in [-0.2, -0.15) is 0 Å². The number of anilines is 1. The van der Waals surface area contributed by atoms with Crippen molar-refractivity contribution < 1.29 is 9.59 Å². The summed E-state index contributed by atoms with van der Waals surface area (Å²) in [5.74, 6) is 0.674. The zero-order valence-corrected chi connectivity index (χ0v) is 17.4. The lowest BCUT2D eigenvalue weighted by molar-refractivity contribution is -0.136. The molecule has 158 valence electrons. The fraction of sp³-hybridized carbons (Fsp3) is 0.667. The molecule has 0 spiro atoms. The summed E-state index contributed by atoms with van der Waals surface area (Å²) in [6.07, 6.45) is 11.7. The highest BCUT2D eigenvalue weighted by molar-refractivity contribution is 5.93. The highest BCUT2D eigenvalue weighted by Gasteiger charge is 2.39. The van der Waals surface area contributed by atoms with Gasteiger partial charge in [0.2, 0.25) is 11.8 Å². The minimum Gasteiger partial charge on any atom is -0.334 e. The van der Waals surface area contributed by atoms with Gasteiger partial charge in [-0.15, -0.1) is 0 Å². The summed E-state index contributed by atoms with van der Waals surface area (Å²) in [4.78, 5) is 28.0. The number of benzene rings is 1. The van der Waals surface area contributed by atoms with Crippen molar-refractivity contribution in [3.05, 3.63) is 29.8 Å². The van der Waals surface area contributed by atoms with Gasteiger partial charge in [0.05, 0.1) is 0 Å². The van der Waals surface area contributed by atoms with Crippen LogP contribution in [0.4, 0.5) is 5.69 Å². The van der Waals surface area contributed by atoms with E-state index in [9.17, 15) is 9.59 Å². The van der Waals surface area contributed by atoms with Gasteiger partial charge in [-0.25, -0.2) is 0 Å². The third-order valence-electron chi connectivity index (χ3n) is 6.98. The van der Waals surface area contributed by atoms with E-state index in [0.717, 1.165) is 75.5 Å². The largest absolute Gasteiger partial charge is 0.334 e. The predicted molar refractivity (Wildman–Crippen MR) is 115 cm³/mol. The molecular weight excluding hydrogens is 362 g/mol. The molecule has 0 radical (unpaired) electrons. The maximum absolute atomic E-state index is 13.1. The van der Waals surface area contributed by atoms with Crippen LogP contribution in [-0.4, -0.2) is 28.8 Å². The molecule has 0 aromatic heterocycles. The van der Waals surface area contributed by atoms with Gasteiger partial charge < -0.3 is 16.0 Å². The normalized spacial score (nSPS) is 25.4. The Bertz CT molecular complexity index is 725. The first kappa shape index (κ1) is 20.4. The minimum atomic E-state index is 0.0513. The summed E-state index contributed by atoms with van der Waals surface area (Å²) < 4.78 is 0. The standard InChI is InChI=1S/C24H35N3O2/c25-20-11-5-7-13-22(20)27(24(29)18-14-15-18)16-19-10-4-6-12-21(19)26-23(28)17-8-2-1-3-9-17/h4,6,10,12,17-18,20,22H,1-3,5,7-9,11,13-16,25H2,(H,26,28). The molecule has 1 aromatic carbocycles. The SMILES string of the molecule is NC1CCCCC1N(Cc1ccccc1NC(=O)C1CCCCC1)C(=O)C1CC1. The third-order valence-corrected chi connectivity index (χ3v) is 6.98. The van der Waals surface area contributed by atoms with Gasteiger partial charge in [-0.05, 0) is 50.2 Å². The Balaban J connectivity index is 1.51. The summed E-state index contributed by atoms with van der Waals surface area (Å²) in [5.41, 5.74) is 8.31. The lowest BCUT2D eigenvalue weighted by Gasteiger charge is -2.39. The number of carbonyl (C=O) groups excluding carboxylic acids is 2. The molecule has 29 heavy (non-hydrogen) atoms. The van der Waals surface area contributed by atoms with Crippen molar-refractivity contribution >= 4 is 17.5 Å². The molecule has 0 aliphatic heterocycles. The second-order valence-corrected chi connectivity index (χ2v) is 9.24. The van der Waals surface area contributed by atoms with Crippen molar-refractivity contribution in [1.29, 1.82) is 0 Å². The highest BCUT2D eigenvalue weighted by atomic mass is 16.2. The van der Waals surface area contributed by atoms with Gasteiger partial charge in [0, 0.05) is 36.2 Å². The summed E-state index contributed by atoms with van der Waals surface area (Å²) in [6.45, 7) is 0.537. The molecule has 3 aliphatic carbocycles. The van der Waals surface area contributed by atoms with Crippen molar-refractivity contribution in [1.82, 2.24) is 4.90 Å². The zero-order valence-electron chi connectivity index (χ0n) is 17.4. The van der Waals surface area contributed by atoms with Crippen LogP contribution in [0.15, 0.2) is 24.3 Å². The van der Waals surface area contributed by atoms with Gasteiger partial charge in [-0.1, -0.05) is 50.3 Å². The van der Waals surface area contributed by atoms with Crippen molar-refractivity contribution in [2.24, 2.45) is 17.6 Å². The summed E-state index contributed by atoms with van der Waals surface area (Å²) in [5, 5.41) is 3.18. The maximum atomic E-state index is 13.1. The first-order valence-corrected chi connectivity index (χ1v) is 11.6. The van der Waals surface area contributed by atoms with Crippen LogP contribution < -0.4 is 11.1 Å². The first-order chi connectivity index (χ1) is 14.1. The number of nitrogens with zero attached hydrogens (tertiary/aromatic N) is 1. The molecule has 0 saturated heterocycles. The number of rotatable bonds is 6. The molecule has 3 aliphatic rings. The van der Waals surface area contributed by atoms with E-state index in [4.69, 9.17) is 5.73 Å². The van der Waals surface area contributed by atoms with Gasteiger partial charge in [0.15, 0.2) is 0 Å². The van der Waals surface area contributed by atoms with E-state index in [-0.39, 0.29) is 35.7 Å². The Morgan fingerprint density at radius 3 is 2.31 bits per heavy atom. The quantitative estimate of drug-likeness (QED) is 0.755. The molecule has 0 bridgehead atoms. The number of amides is 2. The monoisotopic (exact) mass is 397 g/mol. The lowest BCUT2D eigenvalue weighted by atomic mass is 9.88. The molecule has 3 fully saturated rings. The summed E-state index contributed by atoms with van der Waals surface area (Å²) in [6, 6.07) is 8.12. The minimum absolute atomic E-state index is 0.0513. The van der Waals surface area contributed by atoms with E-state index in [0.29, 0.717) is 6.54 Å². The van der Waals surface area contributed by atoms with E-state index in [1.807, 2.05) is 29.2 Å². The average Bonchev–Trinajstić information content (AvgIpc) is 3.59. The van der Waals surface area contributed by atoms with Crippen LogP contribution in [0, 0.1) is 11.8 Å². The molecule has 2 unspecified atom stereocenters. The number of nitrogens with one attached hydrogen (secondary N) is 1. The summed E-state index contributed by atoms with van der Waals surface area (Å²) in [7, 11) is 0. The van der Waals surface area contributed by atoms with Crippen molar-refractivity contribution in [2.75, 3.05) is 5.32 Å². The van der Waals surface area contributed by atoms with Crippen LogP contribution >= 0.6 is 0 Å². The number of para-hydroxylation sites is 1. The second-order valence-electron chi connectivity index (χ2n) is 9.24. The van der Waals surface area contributed by atoms with E-state index in [1.54, 1.807) is 0 Å². The maximum Gasteiger partial charge on any atom is 0.227 e. The zero-order chi connectivity index (χ0) is 20.2. The molecule has 2 amide bonds. The Morgan fingerprint density at radius 2 is 1.59 bits per heavy atom. The molecular formula is C24H35N3O2. The predicted octanol–water partition coefficient (Wildman–Crippen LogP) is 4.21. The van der Waals surface area contributed by atoms with Gasteiger partial charge >= 0.3 is 0 Å². The molecule has 2 atom stereocenters. The Hall–Kier alpha value is -1.88. The van der Waals surface area contributed by atoms with Crippen molar-refractivity contribution in [3.63, 3.8) is 0 Å². The summed E-state index contributed by atoms with van der Waals surface area (Å²) >= 11 is 0. The number of carbonyl (C=O) groups is 2. The smallest absolute Gasteiger partial charge is 0.227 e. The van der Waals surface area contributed by atoms with Crippen LogP contribution in [0.25, 0.3) is 0 Å². The third kappa shape index (κ3) is 5.00. The molecule has 4 rings (SSSR count). The van der Waals surface area contributed by atoms with E-state index in [1.165, 1.54) is 6.42 Å². The Morgan fingerprint density at radius 1 is 0.897 bits per heavy atom. The van der Waals surface area contributed by atoms with Crippen LogP contribution in [-0.2, 0) is 16.1 Å². The molecule has 3 saturated carbocycles. The number of hydrogen-bond acceptors (Lipinski definition) is 3. The van der Waals surface area contributed by atoms with Crippen LogP contribution in [0.5, 0.6) is 0 Å². The second kappa shape index (κ2) is 9.29. The molecule has 5 heteroatoms.